The van der Waals surface area contributed by atoms with E-state index in [0.29, 0.717) is 42.2 Å². The third-order valence-corrected chi connectivity index (χ3v) is 4.60. The molecular weight excluding hydrogens is 426 g/mol. The number of tetrazole rings is 1. The van der Waals surface area contributed by atoms with Crippen molar-refractivity contribution in [2.24, 2.45) is 0 Å². The largest absolute Gasteiger partial charge is 0.486 e. The van der Waals surface area contributed by atoms with Crippen LogP contribution in [0.15, 0.2) is 34.8 Å². The van der Waals surface area contributed by atoms with Gasteiger partial charge in [-0.2, -0.15) is 5.21 Å². The molecule has 3 rings (SSSR count). The van der Waals surface area contributed by atoms with Crippen LogP contribution in [-0.2, 0) is 6.61 Å². The summed E-state index contributed by atoms with van der Waals surface area (Å²) in [5.74, 6) is 0.920. The molecule has 118 valence electrons. The number of ether oxygens (including phenoxy) is 1. The zero-order valence-electron chi connectivity index (χ0n) is 11.4. The second kappa shape index (κ2) is 7.05. The lowest BCUT2D eigenvalue weighted by Crippen LogP contribution is -1.99. The van der Waals surface area contributed by atoms with E-state index < -0.39 is 0 Å². The summed E-state index contributed by atoms with van der Waals surface area (Å²) >= 11 is 22.0. The number of benzene rings is 2. The number of nitrogens with one attached hydrogen (secondary N) is 1. The molecule has 23 heavy (non-hydrogen) atoms. The van der Waals surface area contributed by atoms with Crippen LogP contribution in [0.3, 0.4) is 0 Å². The highest BCUT2D eigenvalue weighted by Crippen LogP contribution is 2.38. The summed E-state index contributed by atoms with van der Waals surface area (Å²) < 4.78 is 6.44. The maximum absolute atomic E-state index is 6.29. The Labute approximate surface area is 155 Å². The molecule has 1 heterocycles. The summed E-state index contributed by atoms with van der Waals surface area (Å²) in [6.07, 6.45) is 0. The summed E-state index contributed by atoms with van der Waals surface area (Å²) in [7, 11) is 0. The highest BCUT2D eigenvalue weighted by molar-refractivity contribution is 9.10. The maximum Gasteiger partial charge on any atom is 0.204 e. The molecule has 0 radical (unpaired) electrons. The van der Waals surface area contributed by atoms with E-state index in [1.807, 2.05) is 0 Å². The van der Waals surface area contributed by atoms with Crippen molar-refractivity contribution >= 4 is 50.7 Å². The lowest BCUT2D eigenvalue weighted by Gasteiger charge is -2.13. The molecule has 2 aromatic carbocycles. The number of hydrogen-bond acceptors (Lipinski definition) is 4. The van der Waals surface area contributed by atoms with E-state index in [9.17, 15) is 0 Å². The molecule has 9 heteroatoms. The first kappa shape index (κ1) is 16.5. The minimum absolute atomic E-state index is 0.193. The van der Waals surface area contributed by atoms with Crippen LogP contribution in [-0.4, -0.2) is 20.6 Å². The average Bonchev–Trinajstić information content (AvgIpc) is 3.03. The van der Waals surface area contributed by atoms with Crippen molar-refractivity contribution in [2.45, 2.75) is 6.61 Å². The predicted molar refractivity (Wildman–Crippen MR) is 93.1 cm³/mol. The van der Waals surface area contributed by atoms with Gasteiger partial charge in [0.05, 0.1) is 9.50 Å². The first-order valence-corrected chi connectivity index (χ1v) is 8.27. The Kier molecular flexibility index (Phi) is 5.06. The fourth-order valence-electron chi connectivity index (χ4n) is 1.93. The molecule has 0 spiro atoms. The Hall–Kier alpha value is -1.34. The Balaban J connectivity index is 1.86. The smallest absolute Gasteiger partial charge is 0.204 e. The van der Waals surface area contributed by atoms with Gasteiger partial charge in [-0.3, -0.25) is 0 Å². The molecule has 1 N–H and O–H groups in total. The van der Waals surface area contributed by atoms with Crippen molar-refractivity contribution in [1.82, 2.24) is 20.6 Å². The van der Waals surface area contributed by atoms with Gasteiger partial charge in [-0.05, 0) is 45.4 Å². The quantitative estimate of drug-likeness (QED) is 0.615. The molecule has 0 aliphatic rings. The van der Waals surface area contributed by atoms with Gasteiger partial charge in [0.1, 0.15) is 6.61 Å². The van der Waals surface area contributed by atoms with Crippen LogP contribution in [0, 0.1) is 0 Å². The number of H-pyrrole nitrogens is 1. The molecule has 0 aliphatic heterocycles. The van der Waals surface area contributed by atoms with Crippen molar-refractivity contribution in [3.8, 4) is 17.1 Å². The van der Waals surface area contributed by atoms with Gasteiger partial charge in [-0.1, -0.05) is 40.9 Å². The van der Waals surface area contributed by atoms with Gasteiger partial charge in [0, 0.05) is 21.2 Å². The molecule has 0 unspecified atom stereocenters. The summed E-state index contributed by atoms with van der Waals surface area (Å²) in [6, 6.07) is 8.77. The van der Waals surface area contributed by atoms with E-state index >= 15 is 0 Å². The van der Waals surface area contributed by atoms with Gasteiger partial charge < -0.3 is 4.74 Å². The first-order chi connectivity index (χ1) is 11.1. The van der Waals surface area contributed by atoms with Gasteiger partial charge in [0.25, 0.3) is 0 Å². The lowest BCUT2D eigenvalue weighted by atomic mass is 10.2. The molecule has 0 fully saturated rings. The standard InChI is InChI=1S/C14H8BrCl3N4O/c15-9-4-7(14-19-21-22-20-14)5-12(18)13(9)23-6-8-10(16)2-1-3-11(8)17/h1-5H,6H2,(H,19,20,21,22). The summed E-state index contributed by atoms with van der Waals surface area (Å²) in [6.45, 7) is 0.193. The zero-order chi connectivity index (χ0) is 16.4. The topological polar surface area (TPSA) is 63.7 Å². The van der Waals surface area contributed by atoms with Crippen molar-refractivity contribution in [3.05, 3.63) is 55.4 Å². The predicted octanol–water partition coefficient (Wildman–Crippen LogP) is 5.17. The van der Waals surface area contributed by atoms with Crippen LogP contribution >= 0.6 is 50.7 Å². The van der Waals surface area contributed by atoms with Gasteiger partial charge in [-0.15, -0.1) is 10.2 Å². The number of nitrogens with zero attached hydrogens (tertiary/aromatic N) is 3. The molecule has 3 aromatic rings. The fraction of sp³-hybridized carbons (Fsp3) is 0.0714. The molecule has 0 aliphatic carbocycles. The maximum atomic E-state index is 6.29. The number of hydrogen-bond donors (Lipinski definition) is 1. The number of halogens is 4. The van der Waals surface area contributed by atoms with Gasteiger partial charge in [-0.25, -0.2) is 0 Å². The fourth-order valence-corrected chi connectivity index (χ4v) is 3.39. The average molecular weight is 435 g/mol. The monoisotopic (exact) mass is 432 g/mol. The van der Waals surface area contributed by atoms with Crippen molar-refractivity contribution in [2.75, 3.05) is 0 Å². The number of aromatic nitrogens is 4. The second-order valence-electron chi connectivity index (χ2n) is 4.49. The van der Waals surface area contributed by atoms with Gasteiger partial charge >= 0.3 is 0 Å². The molecule has 0 bridgehead atoms. The van der Waals surface area contributed by atoms with Crippen molar-refractivity contribution in [1.29, 1.82) is 0 Å². The minimum atomic E-state index is 0.193. The molecular formula is C14H8BrCl3N4O. The van der Waals surface area contributed by atoms with Crippen LogP contribution in [0.4, 0.5) is 0 Å². The van der Waals surface area contributed by atoms with E-state index in [-0.39, 0.29) is 6.61 Å². The molecule has 5 nitrogen and oxygen atoms in total. The zero-order valence-corrected chi connectivity index (χ0v) is 15.2. The Morgan fingerprint density at radius 1 is 1.09 bits per heavy atom. The SMILES string of the molecule is Clc1cccc(Cl)c1COc1c(Cl)cc(-c2nn[nH]n2)cc1Br. The van der Waals surface area contributed by atoms with E-state index in [1.165, 1.54) is 0 Å². The van der Waals surface area contributed by atoms with Crippen LogP contribution in [0.2, 0.25) is 15.1 Å². The Bertz CT molecular complexity index is 799. The second-order valence-corrected chi connectivity index (χ2v) is 6.57. The molecule has 0 saturated carbocycles. The van der Waals surface area contributed by atoms with Crippen molar-refractivity contribution in [3.63, 3.8) is 0 Å². The van der Waals surface area contributed by atoms with Gasteiger partial charge in [0.15, 0.2) is 5.75 Å². The van der Waals surface area contributed by atoms with Crippen LogP contribution < -0.4 is 4.74 Å². The van der Waals surface area contributed by atoms with Crippen LogP contribution in [0.5, 0.6) is 5.75 Å². The number of rotatable bonds is 4. The van der Waals surface area contributed by atoms with E-state index in [2.05, 4.69) is 36.6 Å². The Morgan fingerprint density at radius 2 is 1.83 bits per heavy atom. The first-order valence-electron chi connectivity index (χ1n) is 6.35. The van der Waals surface area contributed by atoms with Crippen molar-refractivity contribution < 1.29 is 4.74 Å². The van der Waals surface area contributed by atoms with Crippen LogP contribution in [0.25, 0.3) is 11.4 Å². The summed E-state index contributed by atoms with van der Waals surface area (Å²) in [5.41, 5.74) is 1.40. The normalized spacial score (nSPS) is 10.8. The Morgan fingerprint density at radius 3 is 2.43 bits per heavy atom. The molecule has 1 aromatic heterocycles. The van der Waals surface area contributed by atoms with Gasteiger partial charge in [0.2, 0.25) is 5.82 Å². The van der Waals surface area contributed by atoms with Crippen LogP contribution in [0.1, 0.15) is 5.56 Å². The third kappa shape index (κ3) is 3.61. The highest BCUT2D eigenvalue weighted by Gasteiger charge is 2.14. The number of aromatic amines is 1. The van der Waals surface area contributed by atoms with E-state index in [4.69, 9.17) is 39.5 Å². The lowest BCUT2D eigenvalue weighted by molar-refractivity contribution is 0.304. The van der Waals surface area contributed by atoms with E-state index in [0.717, 1.165) is 0 Å². The minimum Gasteiger partial charge on any atom is -0.486 e. The van der Waals surface area contributed by atoms with E-state index in [1.54, 1.807) is 30.3 Å². The molecule has 0 atom stereocenters. The molecule has 0 saturated heterocycles. The third-order valence-electron chi connectivity index (χ3n) is 3.02. The molecule has 0 amide bonds. The summed E-state index contributed by atoms with van der Waals surface area (Å²) in [5, 5.41) is 15.2. The summed E-state index contributed by atoms with van der Waals surface area (Å²) in [4.78, 5) is 0. The highest BCUT2D eigenvalue weighted by atomic mass is 79.9.